The highest BCUT2D eigenvalue weighted by Crippen LogP contribution is 2.16. The van der Waals surface area contributed by atoms with Crippen LogP contribution in [-0.2, 0) is 11.2 Å². The molecule has 4 nitrogen and oxygen atoms in total. The summed E-state index contributed by atoms with van der Waals surface area (Å²) in [5.41, 5.74) is 2.21. The van der Waals surface area contributed by atoms with E-state index in [9.17, 15) is 4.79 Å². The number of carbonyl (C=O) groups is 1. The summed E-state index contributed by atoms with van der Waals surface area (Å²) in [6.45, 7) is 4.41. The monoisotopic (exact) mass is 327 g/mol. The molecule has 0 aliphatic rings. The van der Waals surface area contributed by atoms with Gasteiger partial charge in [0.05, 0.1) is 13.2 Å². The van der Waals surface area contributed by atoms with Gasteiger partial charge in [-0.05, 0) is 49.6 Å². The topological polar surface area (TPSA) is 47.6 Å². The van der Waals surface area contributed by atoms with Gasteiger partial charge in [-0.15, -0.1) is 0 Å². The summed E-state index contributed by atoms with van der Waals surface area (Å²) in [4.78, 5) is 12.0. The highest BCUT2D eigenvalue weighted by Gasteiger charge is 2.09. The van der Waals surface area contributed by atoms with E-state index >= 15 is 0 Å². The van der Waals surface area contributed by atoms with Gasteiger partial charge in [-0.1, -0.05) is 30.3 Å². The minimum atomic E-state index is -0.0343. The van der Waals surface area contributed by atoms with Crippen LogP contribution in [-0.4, -0.2) is 25.7 Å². The van der Waals surface area contributed by atoms with E-state index in [1.165, 1.54) is 0 Å². The third kappa shape index (κ3) is 5.61. The van der Waals surface area contributed by atoms with E-state index < -0.39 is 0 Å². The van der Waals surface area contributed by atoms with E-state index in [1.54, 1.807) is 7.11 Å². The second kappa shape index (κ2) is 8.96. The molecule has 2 aromatic carbocycles. The Morgan fingerprint density at radius 2 is 1.83 bits per heavy atom. The molecule has 0 heterocycles. The number of benzene rings is 2. The average Bonchev–Trinajstić information content (AvgIpc) is 2.59. The Labute approximate surface area is 143 Å². The van der Waals surface area contributed by atoms with Crippen LogP contribution in [0, 0.1) is 6.92 Å². The third-order valence-corrected chi connectivity index (χ3v) is 3.79. The average molecular weight is 327 g/mol. The molecule has 1 unspecified atom stereocenters. The molecule has 1 atom stereocenters. The van der Waals surface area contributed by atoms with Crippen molar-refractivity contribution in [3.63, 3.8) is 0 Å². The fourth-order valence-electron chi connectivity index (χ4n) is 2.37. The van der Waals surface area contributed by atoms with Crippen LogP contribution in [0.4, 0.5) is 0 Å². The molecule has 0 radical (unpaired) electrons. The minimum Gasteiger partial charge on any atom is -0.497 e. The predicted molar refractivity (Wildman–Crippen MR) is 95.6 cm³/mol. The zero-order chi connectivity index (χ0) is 17.4. The summed E-state index contributed by atoms with van der Waals surface area (Å²) in [6.07, 6.45) is 1.17. The minimum absolute atomic E-state index is 0.0340. The van der Waals surface area contributed by atoms with Gasteiger partial charge < -0.3 is 14.8 Å². The number of methoxy groups -OCH3 is 1. The maximum absolute atomic E-state index is 12.0. The van der Waals surface area contributed by atoms with Crippen LogP contribution in [0.15, 0.2) is 48.5 Å². The number of para-hydroxylation sites is 1. The van der Waals surface area contributed by atoms with E-state index in [1.807, 2.05) is 62.4 Å². The van der Waals surface area contributed by atoms with Crippen LogP contribution < -0.4 is 14.8 Å². The molecule has 2 aromatic rings. The Hall–Kier alpha value is -2.49. The van der Waals surface area contributed by atoms with Crippen molar-refractivity contribution in [3.8, 4) is 11.5 Å². The number of amides is 1. The molecule has 1 amide bonds. The SMILES string of the molecule is COc1ccc(CCC(=O)NC(C)COc2ccccc2C)cc1. The lowest BCUT2D eigenvalue weighted by Gasteiger charge is -2.16. The lowest BCUT2D eigenvalue weighted by Crippen LogP contribution is -2.36. The van der Waals surface area contributed by atoms with Gasteiger partial charge >= 0.3 is 0 Å². The van der Waals surface area contributed by atoms with Gasteiger partial charge in [0, 0.05) is 6.42 Å². The highest BCUT2D eigenvalue weighted by molar-refractivity contribution is 5.76. The largest absolute Gasteiger partial charge is 0.497 e. The van der Waals surface area contributed by atoms with Gasteiger partial charge in [0.15, 0.2) is 0 Å². The second-order valence-corrected chi connectivity index (χ2v) is 5.89. The first-order chi connectivity index (χ1) is 11.6. The number of rotatable bonds is 8. The van der Waals surface area contributed by atoms with Crippen molar-refractivity contribution in [2.45, 2.75) is 32.7 Å². The summed E-state index contributed by atoms with van der Waals surface area (Å²) < 4.78 is 10.9. The van der Waals surface area contributed by atoms with Crippen molar-refractivity contribution in [1.29, 1.82) is 0 Å². The van der Waals surface area contributed by atoms with E-state index in [0.29, 0.717) is 19.4 Å². The molecule has 1 N–H and O–H groups in total. The van der Waals surface area contributed by atoms with Crippen LogP contribution in [0.2, 0.25) is 0 Å². The van der Waals surface area contributed by atoms with Gasteiger partial charge in [0.25, 0.3) is 0 Å². The molecule has 0 saturated heterocycles. The van der Waals surface area contributed by atoms with Crippen molar-refractivity contribution >= 4 is 5.91 Å². The normalized spacial score (nSPS) is 11.6. The standard InChI is InChI=1S/C20H25NO3/c1-15-6-4-5-7-19(15)24-14-16(2)21-20(22)13-10-17-8-11-18(23-3)12-9-17/h4-9,11-12,16H,10,13-14H2,1-3H3,(H,21,22). The first-order valence-corrected chi connectivity index (χ1v) is 8.19. The quantitative estimate of drug-likeness (QED) is 0.807. The highest BCUT2D eigenvalue weighted by atomic mass is 16.5. The first kappa shape index (κ1) is 17.9. The molecule has 0 aromatic heterocycles. The molecule has 0 aliphatic carbocycles. The smallest absolute Gasteiger partial charge is 0.220 e. The summed E-state index contributed by atoms with van der Waals surface area (Å²) in [7, 11) is 1.64. The fraction of sp³-hybridized carbons (Fsp3) is 0.350. The number of ether oxygens (including phenoxy) is 2. The zero-order valence-electron chi connectivity index (χ0n) is 14.5. The molecule has 0 bridgehead atoms. The lowest BCUT2D eigenvalue weighted by molar-refractivity contribution is -0.121. The van der Waals surface area contributed by atoms with Crippen LogP contribution in [0.3, 0.4) is 0 Å². The number of hydrogen-bond acceptors (Lipinski definition) is 3. The maximum Gasteiger partial charge on any atom is 0.220 e. The second-order valence-electron chi connectivity index (χ2n) is 5.89. The molecule has 2 rings (SSSR count). The first-order valence-electron chi connectivity index (χ1n) is 8.19. The molecular formula is C20H25NO3. The van der Waals surface area contributed by atoms with Crippen LogP contribution in [0.1, 0.15) is 24.5 Å². The molecule has 24 heavy (non-hydrogen) atoms. The van der Waals surface area contributed by atoms with E-state index in [2.05, 4.69) is 5.32 Å². The van der Waals surface area contributed by atoms with Crippen molar-refractivity contribution in [3.05, 3.63) is 59.7 Å². The van der Waals surface area contributed by atoms with Gasteiger partial charge in [-0.2, -0.15) is 0 Å². The van der Waals surface area contributed by atoms with Crippen molar-refractivity contribution in [2.24, 2.45) is 0 Å². The van der Waals surface area contributed by atoms with Gasteiger partial charge in [-0.25, -0.2) is 0 Å². The summed E-state index contributed by atoms with van der Waals surface area (Å²) in [6, 6.07) is 15.6. The fourth-order valence-corrected chi connectivity index (χ4v) is 2.37. The number of aryl methyl sites for hydroxylation is 2. The Balaban J connectivity index is 1.72. The summed E-state index contributed by atoms with van der Waals surface area (Å²) in [5.74, 6) is 1.72. The van der Waals surface area contributed by atoms with E-state index in [4.69, 9.17) is 9.47 Å². The molecule has 0 saturated carbocycles. The van der Waals surface area contributed by atoms with Crippen molar-refractivity contribution in [2.75, 3.05) is 13.7 Å². The van der Waals surface area contributed by atoms with Crippen molar-refractivity contribution < 1.29 is 14.3 Å². The van der Waals surface area contributed by atoms with Crippen LogP contribution in [0.25, 0.3) is 0 Å². The maximum atomic E-state index is 12.0. The van der Waals surface area contributed by atoms with Crippen LogP contribution in [0.5, 0.6) is 11.5 Å². The van der Waals surface area contributed by atoms with Gasteiger partial charge in [0.1, 0.15) is 18.1 Å². The lowest BCUT2D eigenvalue weighted by atomic mass is 10.1. The number of carbonyl (C=O) groups excluding carboxylic acids is 1. The Bertz CT molecular complexity index is 652. The molecule has 0 spiro atoms. The van der Waals surface area contributed by atoms with E-state index in [0.717, 1.165) is 22.6 Å². The van der Waals surface area contributed by atoms with Crippen LogP contribution >= 0.6 is 0 Å². The third-order valence-electron chi connectivity index (χ3n) is 3.79. The summed E-state index contributed by atoms with van der Waals surface area (Å²) in [5, 5.41) is 2.97. The molecule has 0 aliphatic heterocycles. The molecule has 128 valence electrons. The number of nitrogens with one attached hydrogen (secondary N) is 1. The van der Waals surface area contributed by atoms with E-state index in [-0.39, 0.29) is 11.9 Å². The Morgan fingerprint density at radius 3 is 2.50 bits per heavy atom. The molecular weight excluding hydrogens is 302 g/mol. The molecule has 4 heteroatoms. The predicted octanol–water partition coefficient (Wildman–Crippen LogP) is 3.52. The zero-order valence-corrected chi connectivity index (χ0v) is 14.5. The summed E-state index contributed by atoms with van der Waals surface area (Å²) >= 11 is 0. The van der Waals surface area contributed by atoms with Gasteiger partial charge in [-0.3, -0.25) is 4.79 Å². The molecule has 0 fully saturated rings. The Morgan fingerprint density at radius 1 is 1.12 bits per heavy atom. The Kier molecular flexibility index (Phi) is 6.67. The van der Waals surface area contributed by atoms with Crippen molar-refractivity contribution in [1.82, 2.24) is 5.32 Å². The van der Waals surface area contributed by atoms with Gasteiger partial charge in [0.2, 0.25) is 5.91 Å². The number of hydrogen-bond donors (Lipinski definition) is 1.